The number of anilines is 2. The molecule has 9 heteroatoms. The first-order valence-electron chi connectivity index (χ1n) is 13.4. The second-order valence-corrected chi connectivity index (χ2v) is 10.5. The lowest BCUT2D eigenvalue weighted by molar-refractivity contribution is 0.240. The molecule has 0 N–H and O–H groups in total. The van der Waals surface area contributed by atoms with Gasteiger partial charge in [0, 0.05) is 44.0 Å². The molecule has 0 spiro atoms. The Morgan fingerprint density at radius 3 is 2.61 bits per heavy atom. The zero-order valence-corrected chi connectivity index (χ0v) is 22.1. The summed E-state index contributed by atoms with van der Waals surface area (Å²) in [5.74, 6) is 0.0510. The number of benzene rings is 1. The maximum absolute atomic E-state index is 14.8. The first-order valence-corrected chi connectivity index (χ1v) is 13.4. The fourth-order valence-electron chi connectivity index (χ4n) is 6.04. The molecule has 2 fully saturated rings. The van der Waals surface area contributed by atoms with Crippen molar-refractivity contribution in [3.63, 3.8) is 0 Å². The van der Waals surface area contributed by atoms with E-state index in [1.807, 2.05) is 24.5 Å². The highest BCUT2D eigenvalue weighted by Crippen LogP contribution is 2.41. The van der Waals surface area contributed by atoms with Gasteiger partial charge in [0.2, 0.25) is 0 Å². The zero-order chi connectivity index (χ0) is 26.4. The number of hydrogen-bond donors (Lipinski definition) is 0. The summed E-state index contributed by atoms with van der Waals surface area (Å²) in [4.78, 5) is 16.7. The Hall–Kier alpha value is -3.59. The molecule has 6 rings (SSSR count). The standard InChI is InChI=1S/C29H33F2N7/c1-4-35-13-14-36(20(3)18-35)22-6-8-26(32-16-22)24-17-33-38-12-10-27(34-29(24)38)37-11-9-19(2)28(37)23-15-21(30)5-7-25(23)31/h5-8,10,12,15-17,19-20,28H,4,9,11,13-14,18H2,1-3H3/t19-,20+,28-/m1/s1. The van der Waals surface area contributed by atoms with Gasteiger partial charge in [0.1, 0.15) is 17.5 Å². The van der Waals surface area contributed by atoms with E-state index in [1.165, 1.54) is 12.1 Å². The minimum Gasteiger partial charge on any atom is -0.365 e. The van der Waals surface area contributed by atoms with E-state index < -0.39 is 11.6 Å². The Labute approximate surface area is 221 Å². The highest BCUT2D eigenvalue weighted by Gasteiger charge is 2.35. The van der Waals surface area contributed by atoms with Crippen LogP contribution in [0.4, 0.5) is 20.3 Å². The lowest BCUT2D eigenvalue weighted by Gasteiger charge is -2.40. The average Bonchev–Trinajstić information content (AvgIpc) is 3.53. The Balaban J connectivity index is 1.30. The van der Waals surface area contributed by atoms with Crippen LogP contribution < -0.4 is 9.80 Å². The highest BCUT2D eigenvalue weighted by atomic mass is 19.1. The molecule has 3 aromatic heterocycles. The van der Waals surface area contributed by atoms with Crippen molar-refractivity contribution in [3.8, 4) is 11.3 Å². The Bertz CT molecular complexity index is 1440. The van der Waals surface area contributed by atoms with Crippen LogP contribution >= 0.6 is 0 Å². The molecule has 2 aliphatic rings. The molecule has 0 saturated carbocycles. The van der Waals surface area contributed by atoms with E-state index >= 15 is 0 Å². The van der Waals surface area contributed by atoms with Gasteiger partial charge in [-0.25, -0.2) is 18.3 Å². The van der Waals surface area contributed by atoms with Gasteiger partial charge in [0.05, 0.1) is 35.4 Å². The number of hydrogen-bond acceptors (Lipinski definition) is 6. The molecule has 4 aromatic rings. The third-order valence-electron chi connectivity index (χ3n) is 8.14. The number of likely N-dealkylation sites (N-methyl/N-ethyl adjacent to an activating group) is 1. The van der Waals surface area contributed by atoms with Crippen molar-refractivity contribution in [3.05, 3.63) is 72.2 Å². The monoisotopic (exact) mass is 517 g/mol. The first kappa shape index (κ1) is 24.7. The summed E-state index contributed by atoms with van der Waals surface area (Å²) in [7, 11) is 0. The quantitative estimate of drug-likeness (QED) is 0.363. The molecule has 0 radical (unpaired) electrons. The van der Waals surface area contributed by atoms with Crippen LogP contribution in [0.5, 0.6) is 0 Å². The van der Waals surface area contributed by atoms with E-state index in [0.29, 0.717) is 23.8 Å². The molecule has 3 atom stereocenters. The van der Waals surface area contributed by atoms with Gasteiger partial charge in [0.15, 0.2) is 5.65 Å². The van der Waals surface area contributed by atoms with Gasteiger partial charge in [0.25, 0.3) is 0 Å². The third kappa shape index (κ3) is 4.38. The molecule has 2 aliphatic heterocycles. The average molecular weight is 518 g/mol. The van der Waals surface area contributed by atoms with Gasteiger partial charge >= 0.3 is 0 Å². The summed E-state index contributed by atoms with van der Waals surface area (Å²) < 4.78 is 30.5. The smallest absolute Gasteiger partial charge is 0.166 e. The maximum Gasteiger partial charge on any atom is 0.166 e. The number of rotatable bonds is 5. The largest absolute Gasteiger partial charge is 0.365 e. The summed E-state index contributed by atoms with van der Waals surface area (Å²) in [5, 5.41) is 4.49. The molecular formula is C29H33F2N7. The van der Waals surface area contributed by atoms with Gasteiger partial charge in [-0.3, -0.25) is 9.88 Å². The molecule has 38 heavy (non-hydrogen) atoms. The molecule has 0 amide bonds. The predicted molar refractivity (Wildman–Crippen MR) is 145 cm³/mol. The minimum atomic E-state index is -0.432. The SMILES string of the molecule is CCN1CCN(c2ccc(-c3cnn4ccc(N5CC[C@@H](C)[C@@H]5c5cc(F)ccc5F)nc34)nc2)[C@@H](C)C1. The van der Waals surface area contributed by atoms with Gasteiger partial charge in [-0.2, -0.15) is 5.10 Å². The van der Waals surface area contributed by atoms with Crippen molar-refractivity contribution >= 4 is 17.2 Å². The Morgan fingerprint density at radius 1 is 0.974 bits per heavy atom. The topological polar surface area (TPSA) is 52.8 Å². The van der Waals surface area contributed by atoms with Crippen LogP contribution in [-0.2, 0) is 0 Å². The van der Waals surface area contributed by atoms with Crippen molar-refractivity contribution in [1.29, 1.82) is 0 Å². The van der Waals surface area contributed by atoms with E-state index in [-0.39, 0.29) is 12.0 Å². The summed E-state index contributed by atoms with van der Waals surface area (Å²) in [6.45, 7) is 11.4. The summed E-state index contributed by atoms with van der Waals surface area (Å²) in [6, 6.07) is 9.86. The van der Waals surface area contributed by atoms with Crippen LogP contribution in [0.3, 0.4) is 0 Å². The van der Waals surface area contributed by atoms with E-state index in [9.17, 15) is 8.78 Å². The number of fused-ring (bicyclic) bond motifs is 1. The fraction of sp³-hybridized carbons (Fsp3) is 0.414. The van der Waals surface area contributed by atoms with Crippen LogP contribution in [0.25, 0.3) is 16.9 Å². The van der Waals surface area contributed by atoms with Gasteiger partial charge < -0.3 is 9.80 Å². The molecule has 1 aromatic carbocycles. The summed E-state index contributed by atoms with van der Waals surface area (Å²) in [6.07, 6.45) is 6.46. The number of piperazine rings is 1. The molecule has 0 unspecified atom stereocenters. The second kappa shape index (κ2) is 9.94. The maximum atomic E-state index is 14.8. The summed E-state index contributed by atoms with van der Waals surface area (Å²) >= 11 is 0. The Kier molecular flexibility index (Phi) is 6.47. The molecule has 7 nitrogen and oxygen atoms in total. The molecular weight excluding hydrogens is 484 g/mol. The number of nitrogens with zero attached hydrogens (tertiary/aromatic N) is 7. The van der Waals surface area contributed by atoms with Crippen LogP contribution in [0.2, 0.25) is 0 Å². The lowest BCUT2D eigenvalue weighted by atomic mass is 9.95. The minimum absolute atomic E-state index is 0.157. The van der Waals surface area contributed by atoms with Gasteiger partial charge in [-0.1, -0.05) is 13.8 Å². The van der Waals surface area contributed by atoms with Crippen LogP contribution in [0.1, 0.15) is 38.8 Å². The van der Waals surface area contributed by atoms with E-state index in [0.717, 1.165) is 61.4 Å². The second-order valence-electron chi connectivity index (χ2n) is 10.5. The predicted octanol–water partition coefficient (Wildman–Crippen LogP) is 5.19. The molecule has 0 bridgehead atoms. The van der Waals surface area contributed by atoms with Crippen LogP contribution in [0.15, 0.2) is 55.0 Å². The lowest BCUT2D eigenvalue weighted by Crippen LogP contribution is -2.51. The van der Waals surface area contributed by atoms with Crippen molar-refractivity contribution in [2.75, 3.05) is 42.5 Å². The van der Waals surface area contributed by atoms with Crippen LogP contribution in [-0.4, -0.2) is 63.2 Å². The van der Waals surface area contributed by atoms with Crippen molar-refractivity contribution in [2.45, 2.75) is 39.3 Å². The molecule has 5 heterocycles. The van der Waals surface area contributed by atoms with Gasteiger partial charge in [-0.15, -0.1) is 0 Å². The van der Waals surface area contributed by atoms with Crippen molar-refractivity contribution < 1.29 is 8.78 Å². The summed E-state index contributed by atoms with van der Waals surface area (Å²) in [5.41, 5.74) is 3.81. The number of aromatic nitrogens is 4. The van der Waals surface area contributed by atoms with E-state index in [4.69, 9.17) is 9.97 Å². The number of halogens is 2. The molecule has 198 valence electrons. The van der Waals surface area contributed by atoms with Crippen LogP contribution in [0, 0.1) is 17.6 Å². The third-order valence-corrected chi connectivity index (χ3v) is 8.14. The van der Waals surface area contributed by atoms with Crippen molar-refractivity contribution in [2.24, 2.45) is 5.92 Å². The fourth-order valence-corrected chi connectivity index (χ4v) is 6.04. The number of pyridine rings is 1. The molecule has 0 aliphatic carbocycles. The highest BCUT2D eigenvalue weighted by molar-refractivity contribution is 5.76. The first-order chi connectivity index (χ1) is 18.4. The normalized spacial score (nSPS) is 22.5. The molecule has 2 saturated heterocycles. The van der Waals surface area contributed by atoms with E-state index in [2.05, 4.69) is 46.6 Å². The van der Waals surface area contributed by atoms with Crippen molar-refractivity contribution in [1.82, 2.24) is 24.5 Å². The zero-order valence-electron chi connectivity index (χ0n) is 22.1. The van der Waals surface area contributed by atoms with Gasteiger partial charge in [-0.05, 0) is 62.2 Å². The van der Waals surface area contributed by atoms with E-state index in [1.54, 1.807) is 10.7 Å². The Morgan fingerprint density at radius 2 is 1.84 bits per heavy atom.